The van der Waals surface area contributed by atoms with Gasteiger partial charge < -0.3 is 15.4 Å². The predicted octanol–water partition coefficient (Wildman–Crippen LogP) is 2.75. The Balaban J connectivity index is 1.57. The fraction of sp³-hybridized carbons (Fsp3) is 0.562. The SMILES string of the molecule is CC(Oc1ccc(Br)c(CNC2CC2)c1)C(=O)NC1CC1. The van der Waals surface area contributed by atoms with Crippen molar-refractivity contribution in [2.75, 3.05) is 0 Å². The molecule has 0 aliphatic heterocycles. The summed E-state index contributed by atoms with van der Waals surface area (Å²) < 4.78 is 6.83. The van der Waals surface area contributed by atoms with E-state index in [9.17, 15) is 4.79 Å². The second kappa shape index (κ2) is 6.36. The number of carbonyl (C=O) groups excluding carboxylic acids is 1. The molecular formula is C16H21BrN2O2. The lowest BCUT2D eigenvalue weighted by molar-refractivity contribution is -0.127. The number of carbonyl (C=O) groups is 1. The molecule has 0 heterocycles. The third-order valence-electron chi connectivity index (χ3n) is 3.78. The maximum absolute atomic E-state index is 11.9. The molecule has 5 heteroatoms. The number of benzene rings is 1. The van der Waals surface area contributed by atoms with Gasteiger partial charge in [-0.15, -0.1) is 0 Å². The van der Waals surface area contributed by atoms with Crippen molar-refractivity contribution < 1.29 is 9.53 Å². The van der Waals surface area contributed by atoms with Crippen molar-refractivity contribution >= 4 is 21.8 Å². The van der Waals surface area contributed by atoms with E-state index in [-0.39, 0.29) is 5.91 Å². The van der Waals surface area contributed by atoms with Crippen molar-refractivity contribution in [1.29, 1.82) is 0 Å². The first-order chi connectivity index (χ1) is 10.1. The standard InChI is InChI=1S/C16H21BrN2O2/c1-10(16(20)19-13-4-5-13)21-14-6-7-15(17)11(8-14)9-18-12-2-3-12/h6-8,10,12-13,18H,2-5,9H2,1H3,(H,19,20). The van der Waals surface area contributed by atoms with Crippen molar-refractivity contribution in [3.63, 3.8) is 0 Å². The van der Waals surface area contributed by atoms with Crippen LogP contribution in [0.2, 0.25) is 0 Å². The molecular weight excluding hydrogens is 332 g/mol. The molecule has 2 N–H and O–H groups in total. The van der Waals surface area contributed by atoms with E-state index in [1.807, 2.05) is 18.2 Å². The summed E-state index contributed by atoms with van der Waals surface area (Å²) in [5, 5.41) is 6.45. The Morgan fingerprint density at radius 3 is 2.71 bits per heavy atom. The minimum Gasteiger partial charge on any atom is -0.481 e. The molecule has 1 aromatic rings. The summed E-state index contributed by atoms with van der Waals surface area (Å²) in [7, 11) is 0. The van der Waals surface area contributed by atoms with Crippen LogP contribution >= 0.6 is 15.9 Å². The first-order valence-corrected chi connectivity index (χ1v) is 8.40. The number of rotatable bonds is 7. The molecule has 1 unspecified atom stereocenters. The highest BCUT2D eigenvalue weighted by Crippen LogP contribution is 2.26. The number of hydrogen-bond acceptors (Lipinski definition) is 3. The first-order valence-electron chi connectivity index (χ1n) is 7.60. The molecule has 1 amide bonds. The third kappa shape index (κ3) is 4.45. The number of halogens is 1. The molecule has 2 aliphatic carbocycles. The van der Waals surface area contributed by atoms with Gasteiger partial charge in [-0.25, -0.2) is 0 Å². The van der Waals surface area contributed by atoms with Crippen LogP contribution in [0.5, 0.6) is 5.75 Å². The van der Waals surface area contributed by atoms with Crippen molar-refractivity contribution in [3.05, 3.63) is 28.2 Å². The van der Waals surface area contributed by atoms with E-state index in [2.05, 4.69) is 26.6 Å². The molecule has 2 aliphatic rings. The number of amides is 1. The average Bonchev–Trinajstić information content (AvgIpc) is 3.33. The molecule has 4 nitrogen and oxygen atoms in total. The van der Waals surface area contributed by atoms with E-state index < -0.39 is 6.10 Å². The van der Waals surface area contributed by atoms with E-state index in [4.69, 9.17) is 4.74 Å². The van der Waals surface area contributed by atoms with Gasteiger partial charge in [-0.1, -0.05) is 15.9 Å². The normalized spacial score (nSPS) is 19.1. The Morgan fingerprint density at radius 2 is 2.05 bits per heavy atom. The Bertz CT molecular complexity index is 527. The number of hydrogen-bond donors (Lipinski definition) is 2. The van der Waals surface area contributed by atoms with Gasteiger partial charge in [-0.05, 0) is 56.4 Å². The Morgan fingerprint density at radius 1 is 1.33 bits per heavy atom. The fourth-order valence-electron chi connectivity index (χ4n) is 2.11. The molecule has 0 bridgehead atoms. The highest BCUT2D eigenvalue weighted by atomic mass is 79.9. The summed E-state index contributed by atoms with van der Waals surface area (Å²) in [5.41, 5.74) is 1.16. The summed E-state index contributed by atoms with van der Waals surface area (Å²) in [5.74, 6) is 0.710. The highest BCUT2D eigenvalue weighted by molar-refractivity contribution is 9.10. The van der Waals surface area contributed by atoms with Crippen molar-refractivity contribution in [2.24, 2.45) is 0 Å². The summed E-state index contributed by atoms with van der Waals surface area (Å²) in [6.07, 6.45) is 4.26. The maximum atomic E-state index is 11.9. The van der Waals surface area contributed by atoms with E-state index in [0.717, 1.165) is 35.2 Å². The van der Waals surface area contributed by atoms with Crippen LogP contribution in [-0.4, -0.2) is 24.1 Å². The van der Waals surface area contributed by atoms with Crippen LogP contribution < -0.4 is 15.4 Å². The van der Waals surface area contributed by atoms with E-state index >= 15 is 0 Å². The lowest BCUT2D eigenvalue weighted by Gasteiger charge is -2.16. The van der Waals surface area contributed by atoms with Crippen LogP contribution in [0, 0.1) is 0 Å². The van der Waals surface area contributed by atoms with Crippen molar-refractivity contribution in [1.82, 2.24) is 10.6 Å². The minimum atomic E-state index is -0.462. The van der Waals surface area contributed by atoms with Gasteiger partial charge in [0, 0.05) is 23.1 Å². The Labute approximate surface area is 133 Å². The zero-order valence-corrected chi connectivity index (χ0v) is 13.8. The van der Waals surface area contributed by atoms with E-state index in [0.29, 0.717) is 12.1 Å². The zero-order valence-electron chi connectivity index (χ0n) is 12.2. The number of nitrogens with one attached hydrogen (secondary N) is 2. The van der Waals surface area contributed by atoms with Crippen LogP contribution in [0.15, 0.2) is 22.7 Å². The summed E-state index contributed by atoms with van der Waals surface area (Å²) in [6, 6.07) is 6.91. The van der Waals surface area contributed by atoms with Gasteiger partial charge in [-0.3, -0.25) is 4.79 Å². The summed E-state index contributed by atoms with van der Waals surface area (Å²) >= 11 is 3.56. The average molecular weight is 353 g/mol. The molecule has 3 rings (SSSR count). The van der Waals surface area contributed by atoms with Gasteiger partial charge in [0.15, 0.2) is 6.10 Å². The van der Waals surface area contributed by atoms with Gasteiger partial charge in [-0.2, -0.15) is 0 Å². The quantitative estimate of drug-likeness (QED) is 0.793. The van der Waals surface area contributed by atoms with Crippen molar-refractivity contribution in [2.45, 2.75) is 57.3 Å². The lowest BCUT2D eigenvalue weighted by Crippen LogP contribution is -2.37. The molecule has 0 aromatic heterocycles. The molecule has 2 saturated carbocycles. The van der Waals surface area contributed by atoms with Gasteiger partial charge in [0.1, 0.15) is 5.75 Å². The van der Waals surface area contributed by atoms with Gasteiger partial charge in [0.2, 0.25) is 0 Å². The largest absolute Gasteiger partial charge is 0.481 e. The highest BCUT2D eigenvalue weighted by Gasteiger charge is 2.26. The van der Waals surface area contributed by atoms with Crippen LogP contribution in [0.3, 0.4) is 0 Å². The van der Waals surface area contributed by atoms with Crippen LogP contribution in [0.25, 0.3) is 0 Å². The summed E-state index contributed by atoms with van der Waals surface area (Å²) in [4.78, 5) is 11.9. The van der Waals surface area contributed by atoms with Gasteiger partial charge >= 0.3 is 0 Å². The fourth-order valence-corrected chi connectivity index (χ4v) is 2.49. The van der Waals surface area contributed by atoms with E-state index in [1.54, 1.807) is 6.92 Å². The molecule has 2 fully saturated rings. The Kier molecular flexibility index (Phi) is 4.50. The summed E-state index contributed by atoms with van der Waals surface area (Å²) in [6.45, 7) is 2.62. The topological polar surface area (TPSA) is 50.4 Å². The molecule has 1 aromatic carbocycles. The predicted molar refractivity (Wildman–Crippen MR) is 85.3 cm³/mol. The van der Waals surface area contributed by atoms with Crippen LogP contribution in [0.1, 0.15) is 38.2 Å². The number of ether oxygens (including phenoxy) is 1. The Hall–Kier alpha value is -1.07. The molecule has 1 atom stereocenters. The second-order valence-corrected chi connectivity index (χ2v) is 6.81. The van der Waals surface area contributed by atoms with E-state index in [1.165, 1.54) is 12.8 Å². The van der Waals surface area contributed by atoms with Crippen LogP contribution in [0.4, 0.5) is 0 Å². The zero-order chi connectivity index (χ0) is 14.8. The lowest BCUT2D eigenvalue weighted by atomic mass is 10.2. The smallest absolute Gasteiger partial charge is 0.260 e. The molecule has 21 heavy (non-hydrogen) atoms. The molecule has 114 valence electrons. The van der Waals surface area contributed by atoms with Crippen LogP contribution in [-0.2, 0) is 11.3 Å². The van der Waals surface area contributed by atoms with Gasteiger partial charge in [0.25, 0.3) is 5.91 Å². The minimum absolute atomic E-state index is 0.0296. The first kappa shape index (κ1) is 14.9. The van der Waals surface area contributed by atoms with Gasteiger partial charge in [0.05, 0.1) is 0 Å². The molecule has 0 saturated heterocycles. The second-order valence-electron chi connectivity index (χ2n) is 5.95. The maximum Gasteiger partial charge on any atom is 0.260 e. The molecule has 0 radical (unpaired) electrons. The van der Waals surface area contributed by atoms with Crippen molar-refractivity contribution in [3.8, 4) is 5.75 Å². The monoisotopic (exact) mass is 352 g/mol. The third-order valence-corrected chi connectivity index (χ3v) is 4.56. The molecule has 0 spiro atoms.